The van der Waals surface area contributed by atoms with Crippen molar-refractivity contribution < 1.29 is 18.7 Å². The highest BCUT2D eigenvalue weighted by Crippen LogP contribution is 2.34. The molecule has 0 saturated heterocycles. The number of amides is 1. The van der Waals surface area contributed by atoms with E-state index in [-0.39, 0.29) is 18.1 Å². The number of esters is 1. The first-order valence-electron chi connectivity index (χ1n) is 8.50. The minimum atomic E-state index is -0.702. The summed E-state index contributed by atoms with van der Waals surface area (Å²) in [4.78, 5) is 26.4. The Bertz CT molecular complexity index is 835. The molecule has 1 amide bonds. The first-order chi connectivity index (χ1) is 12.4. The molecular weight excluding hydrogens is 335 g/mol. The molecule has 1 N–H and O–H groups in total. The van der Waals surface area contributed by atoms with Gasteiger partial charge in [0.15, 0.2) is 0 Å². The fourth-order valence-corrected chi connectivity index (χ4v) is 2.96. The highest BCUT2D eigenvalue weighted by Gasteiger charge is 2.38. The van der Waals surface area contributed by atoms with Crippen LogP contribution in [0.4, 0.5) is 15.8 Å². The van der Waals surface area contributed by atoms with Crippen LogP contribution in [0.1, 0.15) is 30.6 Å². The number of carbonyl (C=O) groups is 2. The van der Waals surface area contributed by atoms with E-state index in [1.54, 1.807) is 4.90 Å². The lowest BCUT2D eigenvalue weighted by atomic mass is 9.98. The molecule has 5 nitrogen and oxygen atoms in total. The molecule has 26 heavy (non-hydrogen) atoms. The Morgan fingerprint density at radius 3 is 2.73 bits per heavy atom. The van der Waals surface area contributed by atoms with Crippen LogP contribution < -0.4 is 10.2 Å². The number of nitrogens with one attached hydrogen (secondary N) is 1. The highest BCUT2D eigenvalue weighted by molar-refractivity contribution is 6.07. The van der Waals surface area contributed by atoms with E-state index in [4.69, 9.17) is 4.74 Å². The van der Waals surface area contributed by atoms with E-state index in [0.29, 0.717) is 13.0 Å². The van der Waals surface area contributed by atoms with Crippen molar-refractivity contribution in [1.82, 2.24) is 0 Å². The fourth-order valence-electron chi connectivity index (χ4n) is 2.96. The summed E-state index contributed by atoms with van der Waals surface area (Å²) >= 11 is 0. The Kier molecular flexibility index (Phi) is 4.93. The molecule has 0 bridgehead atoms. The van der Waals surface area contributed by atoms with Crippen molar-refractivity contribution in [3.8, 4) is 0 Å². The van der Waals surface area contributed by atoms with Crippen molar-refractivity contribution in [3.05, 3.63) is 59.9 Å². The van der Waals surface area contributed by atoms with Crippen LogP contribution in [0.3, 0.4) is 0 Å². The van der Waals surface area contributed by atoms with E-state index in [0.717, 1.165) is 17.4 Å². The first-order valence-corrected chi connectivity index (χ1v) is 8.50. The lowest BCUT2D eigenvalue weighted by molar-refractivity contribution is -0.122. The minimum Gasteiger partial charge on any atom is -0.462 e. The third-order valence-electron chi connectivity index (χ3n) is 4.24. The van der Waals surface area contributed by atoms with E-state index >= 15 is 0 Å². The summed E-state index contributed by atoms with van der Waals surface area (Å²) in [5, 5.41) is 3.24. The summed E-state index contributed by atoms with van der Waals surface area (Å²) in [5.41, 5.74) is 1.18. The molecule has 2 aromatic rings. The summed E-state index contributed by atoms with van der Waals surface area (Å²) in [6, 6.07) is 13.0. The number of para-hydroxylation sites is 2. The van der Waals surface area contributed by atoms with E-state index in [9.17, 15) is 14.0 Å². The van der Waals surface area contributed by atoms with Gasteiger partial charge < -0.3 is 15.0 Å². The van der Waals surface area contributed by atoms with Gasteiger partial charge >= 0.3 is 5.97 Å². The molecule has 0 saturated carbocycles. The standard InChI is InChI=1S/C20H21FN2O3/c1-20(2)19(25)23(17-10-4-3-9-16(17)22-20)11-6-12-26-18(24)14-7-5-8-15(21)13-14/h3-5,7-10,13,22H,6,11-12H2,1-2H3. The second kappa shape index (κ2) is 7.15. The van der Waals surface area contributed by atoms with Crippen molar-refractivity contribution in [2.24, 2.45) is 0 Å². The van der Waals surface area contributed by atoms with Gasteiger partial charge in [0, 0.05) is 6.54 Å². The SMILES string of the molecule is CC1(C)Nc2ccccc2N(CCCOC(=O)c2cccc(F)c2)C1=O. The number of nitrogens with zero attached hydrogens (tertiary/aromatic N) is 1. The van der Waals surface area contributed by atoms with Crippen molar-refractivity contribution >= 4 is 23.3 Å². The van der Waals surface area contributed by atoms with Crippen molar-refractivity contribution in [3.63, 3.8) is 0 Å². The Morgan fingerprint density at radius 1 is 1.19 bits per heavy atom. The monoisotopic (exact) mass is 356 g/mol. The molecule has 0 unspecified atom stereocenters. The molecule has 136 valence electrons. The molecule has 0 fully saturated rings. The quantitative estimate of drug-likeness (QED) is 0.657. The average molecular weight is 356 g/mol. The van der Waals surface area contributed by atoms with Gasteiger partial charge in [-0.1, -0.05) is 18.2 Å². The number of rotatable bonds is 5. The highest BCUT2D eigenvalue weighted by atomic mass is 19.1. The largest absolute Gasteiger partial charge is 0.462 e. The maximum Gasteiger partial charge on any atom is 0.338 e. The maximum absolute atomic E-state index is 13.2. The molecule has 0 atom stereocenters. The predicted octanol–water partition coefficient (Wildman–Crippen LogP) is 3.61. The molecule has 3 rings (SSSR count). The van der Waals surface area contributed by atoms with Gasteiger partial charge in [0.25, 0.3) is 5.91 Å². The maximum atomic E-state index is 13.2. The molecule has 6 heteroatoms. The van der Waals surface area contributed by atoms with Crippen LogP contribution >= 0.6 is 0 Å². The summed E-state index contributed by atoms with van der Waals surface area (Å²) in [6.45, 7) is 4.25. The Labute approximate surface area is 151 Å². The minimum absolute atomic E-state index is 0.0346. The van der Waals surface area contributed by atoms with Crippen LogP contribution in [0.25, 0.3) is 0 Å². The van der Waals surface area contributed by atoms with E-state index in [1.165, 1.54) is 18.2 Å². The molecule has 0 radical (unpaired) electrons. The topological polar surface area (TPSA) is 58.6 Å². The summed E-state index contributed by atoms with van der Waals surface area (Å²) in [7, 11) is 0. The lowest BCUT2D eigenvalue weighted by Gasteiger charge is -2.39. The number of hydrogen-bond acceptors (Lipinski definition) is 4. The molecule has 2 aromatic carbocycles. The molecule has 1 aliphatic rings. The zero-order valence-corrected chi connectivity index (χ0v) is 14.8. The molecule has 0 aliphatic carbocycles. The number of hydrogen-bond donors (Lipinski definition) is 1. The second-order valence-electron chi connectivity index (χ2n) is 6.72. The van der Waals surface area contributed by atoms with E-state index < -0.39 is 17.3 Å². The lowest BCUT2D eigenvalue weighted by Crippen LogP contribution is -2.54. The van der Waals surface area contributed by atoms with Gasteiger partial charge in [0.05, 0.1) is 23.5 Å². The number of benzene rings is 2. The van der Waals surface area contributed by atoms with Crippen LogP contribution in [-0.4, -0.2) is 30.6 Å². The van der Waals surface area contributed by atoms with Crippen molar-refractivity contribution in [1.29, 1.82) is 0 Å². The first kappa shape index (κ1) is 17.9. The van der Waals surface area contributed by atoms with Gasteiger partial charge in [0.2, 0.25) is 0 Å². The predicted molar refractivity (Wildman–Crippen MR) is 97.8 cm³/mol. The van der Waals surface area contributed by atoms with Crippen molar-refractivity contribution in [2.45, 2.75) is 25.8 Å². The Morgan fingerprint density at radius 2 is 1.96 bits per heavy atom. The third-order valence-corrected chi connectivity index (χ3v) is 4.24. The van der Waals surface area contributed by atoms with Gasteiger partial charge in [-0.3, -0.25) is 4.79 Å². The molecule has 0 aromatic heterocycles. The molecule has 1 aliphatic heterocycles. The van der Waals surface area contributed by atoms with Gasteiger partial charge in [-0.05, 0) is 50.6 Å². The zero-order valence-electron chi connectivity index (χ0n) is 14.8. The van der Waals surface area contributed by atoms with Gasteiger partial charge in [-0.25, -0.2) is 9.18 Å². The van der Waals surface area contributed by atoms with E-state index in [1.807, 2.05) is 38.1 Å². The normalized spacial score (nSPS) is 15.2. The number of halogens is 1. The number of anilines is 2. The number of fused-ring (bicyclic) bond motifs is 1. The summed E-state index contributed by atoms with van der Waals surface area (Å²) in [5.74, 6) is -1.09. The zero-order chi connectivity index (χ0) is 18.7. The smallest absolute Gasteiger partial charge is 0.338 e. The van der Waals surface area contributed by atoms with Gasteiger partial charge in [-0.2, -0.15) is 0 Å². The third kappa shape index (κ3) is 3.69. The second-order valence-corrected chi connectivity index (χ2v) is 6.72. The van der Waals surface area contributed by atoms with Crippen LogP contribution in [-0.2, 0) is 9.53 Å². The van der Waals surface area contributed by atoms with Crippen LogP contribution in [0, 0.1) is 5.82 Å². The van der Waals surface area contributed by atoms with E-state index in [2.05, 4.69) is 5.32 Å². The van der Waals surface area contributed by atoms with Crippen LogP contribution in [0.5, 0.6) is 0 Å². The average Bonchev–Trinajstić information content (AvgIpc) is 2.61. The fraction of sp³-hybridized carbons (Fsp3) is 0.300. The van der Waals surface area contributed by atoms with Crippen molar-refractivity contribution in [2.75, 3.05) is 23.4 Å². The summed E-state index contributed by atoms with van der Waals surface area (Å²) in [6.07, 6.45) is 0.483. The number of ether oxygens (including phenoxy) is 1. The van der Waals surface area contributed by atoms with Crippen LogP contribution in [0.2, 0.25) is 0 Å². The van der Waals surface area contributed by atoms with Gasteiger partial charge in [-0.15, -0.1) is 0 Å². The summed E-state index contributed by atoms with van der Waals surface area (Å²) < 4.78 is 18.3. The van der Waals surface area contributed by atoms with Gasteiger partial charge in [0.1, 0.15) is 11.4 Å². The van der Waals surface area contributed by atoms with Crippen LogP contribution in [0.15, 0.2) is 48.5 Å². The number of carbonyl (C=O) groups excluding carboxylic acids is 2. The molecular formula is C20H21FN2O3. The Hall–Kier alpha value is -2.89. The molecule has 0 spiro atoms. The molecule has 1 heterocycles. The Balaban J connectivity index is 1.61.